The SMILES string of the molecule is CN1CCN(CCCOc2cc3nccc(Oc4ccc(CC(=O)Cc5cc(C(C)(C)C)nn5C5CCCC5)c(Cl)c4)c3cc2C(N)=O)CC1. The van der Waals surface area contributed by atoms with E-state index in [0.29, 0.717) is 52.2 Å². The normalized spacial score (nSPS) is 16.3. The van der Waals surface area contributed by atoms with Gasteiger partial charge in [-0.25, -0.2) is 0 Å². The summed E-state index contributed by atoms with van der Waals surface area (Å²) in [5, 5.41) is 6.01. The Bertz CT molecular complexity index is 1840. The predicted molar refractivity (Wildman–Crippen MR) is 197 cm³/mol. The van der Waals surface area contributed by atoms with Crippen molar-refractivity contribution in [1.29, 1.82) is 0 Å². The highest BCUT2D eigenvalue weighted by molar-refractivity contribution is 6.31. The van der Waals surface area contributed by atoms with E-state index in [4.69, 9.17) is 31.9 Å². The molecule has 1 saturated carbocycles. The van der Waals surface area contributed by atoms with Crippen molar-refractivity contribution in [1.82, 2.24) is 24.6 Å². The van der Waals surface area contributed by atoms with Gasteiger partial charge in [0.2, 0.25) is 0 Å². The highest BCUT2D eigenvalue weighted by Gasteiger charge is 2.26. The van der Waals surface area contributed by atoms with Crippen LogP contribution in [0.15, 0.2) is 48.7 Å². The molecule has 0 spiro atoms. The van der Waals surface area contributed by atoms with Gasteiger partial charge in [0.1, 0.15) is 23.0 Å². The maximum absolute atomic E-state index is 13.4. The molecule has 1 aliphatic carbocycles. The van der Waals surface area contributed by atoms with Gasteiger partial charge in [-0.05, 0) is 62.2 Å². The minimum Gasteiger partial charge on any atom is -0.493 e. The van der Waals surface area contributed by atoms with Crippen LogP contribution in [0.25, 0.3) is 10.9 Å². The van der Waals surface area contributed by atoms with E-state index >= 15 is 0 Å². The van der Waals surface area contributed by atoms with Crippen molar-refractivity contribution < 1.29 is 19.1 Å². The van der Waals surface area contributed by atoms with E-state index in [1.165, 1.54) is 12.8 Å². The maximum Gasteiger partial charge on any atom is 0.252 e. The molecule has 3 heterocycles. The number of amides is 1. The number of carbonyl (C=O) groups excluding carboxylic acids is 2. The fourth-order valence-electron chi connectivity index (χ4n) is 6.83. The number of hydrogen-bond acceptors (Lipinski definition) is 8. The number of pyridine rings is 1. The molecular weight excluding hydrogens is 652 g/mol. The van der Waals surface area contributed by atoms with Gasteiger partial charge >= 0.3 is 0 Å². The van der Waals surface area contributed by atoms with Gasteiger partial charge in [0.25, 0.3) is 5.91 Å². The summed E-state index contributed by atoms with van der Waals surface area (Å²) in [7, 11) is 2.14. The van der Waals surface area contributed by atoms with Crippen molar-refractivity contribution in [3.05, 3.63) is 76.2 Å². The number of likely N-dealkylation sites (N-methyl/N-ethyl adjacent to an activating group) is 1. The standard InChI is InChI=1S/C39H49ClN6O4/c1-39(2,3)37-22-28(46(43-37)27-8-5-6-9-27)21-29(47)20-26-10-11-30(23-33(26)40)50-35-12-13-42-34-25-36(32(38(41)48)24-31(34)35)49-19-7-14-45-17-15-44(4)16-18-45/h10-13,22-25,27H,5-9,14-21H2,1-4H3,(H2,41,48). The van der Waals surface area contributed by atoms with Crippen LogP contribution in [0.5, 0.6) is 17.2 Å². The zero-order valence-electron chi connectivity index (χ0n) is 29.7. The second kappa shape index (κ2) is 15.5. The second-order valence-corrected chi connectivity index (χ2v) is 15.2. The Morgan fingerprint density at radius 2 is 1.74 bits per heavy atom. The van der Waals surface area contributed by atoms with Gasteiger partial charge < -0.3 is 25.0 Å². The highest BCUT2D eigenvalue weighted by Crippen LogP contribution is 2.36. The average molecular weight is 701 g/mol. The van der Waals surface area contributed by atoms with Crippen molar-refractivity contribution in [2.75, 3.05) is 46.4 Å². The molecule has 0 unspecified atom stereocenters. The smallest absolute Gasteiger partial charge is 0.252 e. The fraction of sp³-hybridized carbons (Fsp3) is 0.487. The summed E-state index contributed by atoms with van der Waals surface area (Å²) in [6.07, 6.45) is 7.59. The lowest BCUT2D eigenvalue weighted by molar-refractivity contribution is -0.117. The number of nitrogens with zero attached hydrogens (tertiary/aromatic N) is 5. The van der Waals surface area contributed by atoms with Crippen LogP contribution in [-0.2, 0) is 23.1 Å². The molecule has 0 radical (unpaired) electrons. The molecule has 2 aromatic heterocycles. The van der Waals surface area contributed by atoms with Gasteiger partial charge in [-0.15, -0.1) is 0 Å². The second-order valence-electron chi connectivity index (χ2n) is 14.8. The summed E-state index contributed by atoms with van der Waals surface area (Å²) in [4.78, 5) is 35.1. The number of fused-ring (bicyclic) bond motifs is 1. The molecule has 10 nitrogen and oxygen atoms in total. The van der Waals surface area contributed by atoms with Crippen LogP contribution < -0.4 is 15.2 Å². The summed E-state index contributed by atoms with van der Waals surface area (Å²) < 4.78 is 14.4. The molecule has 0 atom stereocenters. The highest BCUT2D eigenvalue weighted by atomic mass is 35.5. The summed E-state index contributed by atoms with van der Waals surface area (Å²) in [6.45, 7) is 12.1. The molecule has 6 rings (SSSR count). The zero-order valence-corrected chi connectivity index (χ0v) is 30.5. The Morgan fingerprint density at radius 1 is 0.980 bits per heavy atom. The van der Waals surface area contributed by atoms with E-state index in [9.17, 15) is 9.59 Å². The average Bonchev–Trinajstić information content (AvgIpc) is 3.75. The van der Waals surface area contributed by atoms with Crippen LogP contribution in [-0.4, -0.2) is 82.6 Å². The number of ketones is 1. The first-order valence-electron chi connectivity index (χ1n) is 17.8. The third-order valence-electron chi connectivity index (χ3n) is 9.81. The van der Waals surface area contributed by atoms with Gasteiger partial charge in [0.15, 0.2) is 0 Å². The van der Waals surface area contributed by atoms with Gasteiger partial charge in [0.05, 0.1) is 29.4 Å². The van der Waals surface area contributed by atoms with Crippen LogP contribution in [0, 0.1) is 0 Å². The summed E-state index contributed by atoms with van der Waals surface area (Å²) in [5.74, 6) is 0.892. The quantitative estimate of drug-likeness (QED) is 0.152. The number of carbonyl (C=O) groups is 2. The van der Waals surface area contributed by atoms with Crippen molar-refractivity contribution in [3.63, 3.8) is 0 Å². The van der Waals surface area contributed by atoms with Crippen LogP contribution in [0.2, 0.25) is 5.02 Å². The van der Waals surface area contributed by atoms with Crippen molar-refractivity contribution >= 4 is 34.2 Å². The number of aromatic nitrogens is 3. The summed E-state index contributed by atoms with van der Waals surface area (Å²) in [6, 6.07) is 12.9. The number of hydrogen-bond donors (Lipinski definition) is 1. The van der Waals surface area contributed by atoms with Crippen LogP contribution >= 0.6 is 11.6 Å². The van der Waals surface area contributed by atoms with Gasteiger partial charge in [-0.2, -0.15) is 5.10 Å². The monoisotopic (exact) mass is 700 g/mol. The summed E-state index contributed by atoms with van der Waals surface area (Å²) >= 11 is 6.72. The minimum atomic E-state index is -0.589. The molecule has 11 heteroatoms. The molecule has 266 valence electrons. The third kappa shape index (κ3) is 8.65. The topological polar surface area (TPSA) is 116 Å². The molecule has 1 saturated heterocycles. The van der Waals surface area contributed by atoms with E-state index in [-0.39, 0.29) is 23.2 Å². The van der Waals surface area contributed by atoms with Crippen molar-refractivity contribution in [3.8, 4) is 17.2 Å². The molecule has 2 fully saturated rings. The van der Waals surface area contributed by atoms with E-state index in [1.807, 2.05) is 6.07 Å². The maximum atomic E-state index is 13.4. The van der Waals surface area contributed by atoms with Crippen molar-refractivity contribution in [2.24, 2.45) is 5.73 Å². The first kappa shape index (κ1) is 35.8. The number of halogens is 1. The van der Waals surface area contributed by atoms with E-state index in [0.717, 1.165) is 68.9 Å². The van der Waals surface area contributed by atoms with Gasteiger partial charge in [0, 0.05) is 79.3 Å². The Balaban J connectivity index is 1.12. The number of nitrogens with two attached hydrogens (primary N) is 1. The van der Waals surface area contributed by atoms with Gasteiger partial charge in [-0.1, -0.05) is 51.3 Å². The Kier molecular flexibility index (Phi) is 11.1. The number of ether oxygens (including phenoxy) is 2. The number of piperazine rings is 1. The number of rotatable bonds is 13. The largest absolute Gasteiger partial charge is 0.493 e. The lowest BCUT2D eigenvalue weighted by atomic mass is 9.92. The van der Waals surface area contributed by atoms with E-state index < -0.39 is 5.91 Å². The lowest BCUT2D eigenvalue weighted by Crippen LogP contribution is -2.44. The van der Waals surface area contributed by atoms with Gasteiger partial charge in [-0.3, -0.25) is 19.3 Å². The first-order valence-corrected chi connectivity index (χ1v) is 18.2. The lowest BCUT2D eigenvalue weighted by Gasteiger charge is -2.32. The number of Topliss-reactive ketones (excluding diaryl/α,β-unsaturated/α-hetero) is 1. The van der Waals surface area contributed by atoms with Crippen LogP contribution in [0.3, 0.4) is 0 Å². The van der Waals surface area contributed by atoms with Crippen LogP contribution in [0.4, 0.5) is 0 Å². The zero-order chi connectivity index (χ0) is 35.4. The Hall–Kier alpha value is -3.99. The molecule has 2 aliphatic rings. The molecular formula is C39H49ClN6O4. The van der Waals surface area contributed by atoms with E-state index in [2.05, 4.69) is 53.4 Å². The molecule has 0 bridgehead atoms. The minimum absolute atomic E-state index is 0.0802. The van der Waals surface area contributed by atoms with Crippen LogP contribution in [0.1, 0.15) is 86.2 Å². The molecule has 4 aromatic rings. The molecule has 1 aliphatic heterocycles. The number of primary amides is 1. The molecule has 50 heavy (non-hydrogen) atoms. The van der Waals surface area contributed by atoms with E-state index in [1.54, 1.807) is 36.5 Å². The summed E-state index contributed by atoms with van der Waals surface area (Å²) in [5.41, 5.74) is 9.29. The number of benzene rings is 2. The Labute approximate surface area is 299 Å². The third-order valence-corrected chi connectivity index (χ3v) is 10.2. The molecule has 2 N–H and O–H groups in total. The fourth-order valence-corrected chi connectivity index (χ4v) is 7.06. The van der Waals surface area contributed by atoms with Crippen molar-refractivity contribution in [2.45, 2.75) is 77.2 Å². The molecule has 2 aromatic carbocycles. The Morgan fingerprint density at radius 3 is 2.44 bits per heavy atom. The molecule has 1 amide bonds. The predicted octanol–water partition coefficient (Wildman–Crippen LogP) is 6.76. The first-order chi connectivity index (χ1) is 23.9.